The molecule has 0 radical (unpaired) electrons. The number of hydrogen-bond acceptors (Lipinski definition) is 1. The van der Waals surface area contributed by atoms with Gasteiger partial charge in [0.25, 0.3) is 0 Å². The van der Waals surface area contributed by atoms with Crippen LogP contribution in [0.3, 0.4) is 0 Å². The molecule has 0 unspecified atom stereocenters. The lowest BCUT2D eigenvalue weighted by molar-refractivity contribution is -0.196. The normalized spacial score (nSPS) is 52.2. The van der Waals surface area contributed by atoms with Crippen molar-refractivity contribution in [2.75, 3.05) is 0 Å². The van der Waals surface area contributed by atoms with Gasteiger partial charge in [-0.2, -0.15) is 0 Å². The molecule has 9 atom stereocenters. The molecule has 0 aromatic rings. The Morgan fingerprint density at radius 2 is 1.68 bits per heavy atom. The fourth-order valence-electron chi connectivity index (χ4n) is 9.79. The number of allylic oxidation sites excluding steroid dienone is 3. The topological polar surface area (TPSA) is 20.2 Å². The SMILES string of the molecule is C=C1CC[C@@H](C)[C@@H](C2=CC[C@@H]3[C@@]4(C)CC[C@H](O)C(C)(C)[C@@H]4CC[C@@]3(C)[C@]2(C)CC)[C@H]1C. The zero-order valence-corrected chi connectivity index (χ0v) is 21.9. The molecule has 3 fully saturated rings. The maximum atomic E-state index is 10.9. The highest BCUT2D eigenvalue weighted by Gasteiger charge is 2.65. The predicted molar refractivity (Wildman–Crippen MR) is 133 cm³/mol. The molecule has 0 saturated heterocycles. The smallest absolute Gasteiger partial charge is 0.0594 e. The molecule has 0 bridgehead atoms. The zero-order chi connectivity index (χ0) is 23.0. The molecule has 4 aliphatic carbocycles. The van der Waals surface area contributed by atoms with Crippen molar-refractivity contribution >= 4 is 0 Å². The number of hydrogen-bond donors (Lipinski definition) is 1. The third kappa shape index (κ3) is 3.04. The zero-order valence-electron chi connectivity index (χ0n) is 21.9. The summed E-state index contributed by atoms with van der Waals surface area (Å²) in [6.45, 7) is 24.5. The van der Waals surface area contributed by atoms with E-state index < -0.39 is 0 Å². The van der Waals surface area contributed by atoms with Gasteiger partial charge >= 0.3 is 0 Å². The number of aliphatic hydroxyl groups is 1. The Labute approximate surface area is 193 Å². The van der Waals surface area contributed by atoms with Crippen molar-refractivity contribution in [1.29, 1.82) is 0 Å². The van der Waals surface area contributed by atoms with E-state index in [0.29, 0.717) is 28.6 Å². The summed E-state index contributed by atoms with van der Waals surface area (Å²) in [5.74, 6) is 3.38. The van der Waals surface area contributed by atoms with Crippen LogP contribution in [0.4, 0.5) is 0 Å². The van der Waals surface area contributed by atoms with Gasteiger partial charge in [-0.3, -0.25) is 0 Å². The molecule has 0 aromatic carbocycles. The highest BCUT2D eigenvalue weighted by molar-refractivity contribution is 5.32. The molecule has 1 N–H and O–H groups in total. The second-order valence-corrected chi connectivity index (χ2v) is 13.5. The fraction of sp³-hybridized carbons (Fsp3) is 0.867. The Kier molecular flexibility index (Phi) is 5.69. The quantitative estimate of drug-likeness (QED) is 0.441. The Morgan fingerprint density at radius 3 is 2.32 bits per heavy atom. The summed E-state index contributed by atoms with van der Waals surface area (Å²) in [6.07, 6.45) is 12.3. The molecule has 0 amide bonds. The van der Waals surface area contributed by atoms with E-state index in [2.05, 4.69) is 68.0 Å². The van der Waals surface area contributed by atoms with Crippen LogP contribution in [-0.2, 0) is 0 Å². The average Bonchev–Trinajstić information content (AvgIpc) is 2.71. The maximum Gasteiger partial charge on any atom is 0.0594 e. The summed E-state index contributed by atoms with van der Waals surface area (Å²) in [7, 11) is 0. The van der Waals surface area contributed by atoms with Crippen molar-refractivity contribution in [3.05, 3.63) is 23.8 Å². The van der Waals surface area contributed by atoms with Crippen LogP contribution in [0.1, 0.15) is 107 Å². The van der Waals surface area contributed by atoms with Gasteiger partial charge in [-0.05, 0) is 103 Å². The summed E-state index contributed by atoms with van der Waals surface area (Å²) in [5, 5.41) is 10.9. The van der Waals surface area contributed by atoms with E-state index in [1.807, 2.05) is 0 Å². The molecular formula is C30H50O. The Morgan fingerprint density at radius 1 is 1.00 bits per heavy atom. The minimum atomic E-state index is -0.142. The van der Waals surface area contributed by atoms with E-state index in [1.54, 1.807) is 5.57 Å². The minimum absolute atomic E-state index is 0.0328. The van der Waals surface area contributed by atoms with Crippen LogP contribution in [0, 0.1) is 51.2 Å². The van der Waals surface area contributed by atoms with E-state index in [-0.39, 0.29) is 16.9 Å². The highest BCUT2D eigenvalue weighted by Crippen LogP contribution is 2.72. The second-order valence-electron chi connectivity index (χ2n) is 13.5. The monoisotopic (exact) mass is 426 g/mol. The van der Waals surface area contributed by atoms with E-state index in [1.165, 1.54) is 50.5 Å². The van der Waals surface area contributed by atoms with Crippen LogP contribution in [-0.4, -0.2) is 11.2 Å². The van der Waals surface area contributed by atoms with E-state index >= 15 is 0 Å². The molecule has 1 nitrogen and oxygen atoms in total. The van der Waals surface area contributed by atoms with E-state index in [0.717, 1.165) is 18.3 Å². The van der Waals surface area contributed by atoms with Gasteiger partial charge in [-0.1, -0.05) is 79.2 Å². The maximum absolute atomic E-state index is 10.9. The number of aliphatic hydroxyl groups excluding tert-OH is 1. The first-order valence-corrected chi connectivity index (χ1v) is 13.4. The van der Waals surface area contributed by atoms with Crippen LogP contribution in [0.2, 0.25) is 0 Å². The Hall–Kier alpha value is -0.560. The van der Waals surface area contributed by atoms with Gasteiger partial charge in [0, 0.05) is 0 Å². The van der Waals surface area contributed by atoms with E-state index in [4.69, 9.17) is 0 Å². The van der Waals surface area contributed by atoms with E-state index in [9.17, 15) is 5.11 Å². The molecule has 4 rings (SSSR count). The molecule has 31 heavy (non-hydrogen) atoms. The van der Waals surface area contributed by atoms with Crippen molar-refractivity contribution in [3.63, 3.8) is 0 Å². The first-order valence-electron chi connectivity index (χ1n) is 13.4. The first-order chi connectivity index (χ1) is 14.3. The molecule has 0 spiro atoms. The second kappa shape index (κ2) is 7.48. The van der Waals surface area contributed by atoms with Crippen molar-refractivity contribution in [2.45, 2.75) is 113 Å². The molecule has 4 aliphatic rings. The van der Waals surface area contributed by atoms with Gasteiger partial charge in [0.2, 0.25) is 0 Å². The minimum Gasteiger partial charge on any atom is -0.393 e. The standard InChI is InChI=1S/C30H50O/c1-10-29(8)22(26-20(3)12-11-19(2)21(26)4)13-14-24-28(7)17-16-25(31)27(5,6)23(28)15-18-30(24,29)9/h13,20-21,23-26,31H,2,10-12,14-18H2,1,3-9H3/t20-,21+,23+,24-,25+,26-,28+,29-,30-/m1/s1. The lowest BCUT2D eigenvalue weighted by Gasteiger charge is -2.69. The predicted octanol–water partition coefficient (Wildman–Crippen LogP) is 8.19. The van der Waals surface area contributed by atoms with Gasteiger partial charge in [0.05, 0.1) is 6.10 Å². The number of fused-ring (bicyclic) bond motifs is 3. The van der Waals surface area contributed by atoms with Crippen LogP contribution in [0.25, 0.3) is 0 Å². The Balaban J connectivity index is 1.79. The molecule has 0 aliphatic heterocycles. The highest BCUT2D eigenvalue weighted by atomic mass is 16.3. The summed E-state index contributed by atoms with van der Waals surface area (Å²) in [5.41, 5.74) is 4.23. The van der Waals surface area contributed by atoms with Crippen LogP contribution in [0.5, 0.6) is 0 Å². The average molecular weight is 427 g/mol. The van der Waals surface area contributed by atoms with Gasteiger partial charge in [-0.15, -0.1) is 0 Å². The van der Waals surface area contributed by atoms with Crippen molar-refractivity contribution in [2.24, 2.45) is 51.2 Å². The van der Waals surface area contributed by atoms with Gasteiger partial charge in [0.15, 0.2) is 0 Å². The molecule has 0 aromatic heterocycles. The number of rotatable bonds is 2. The lowest BCUT2D eigenvalue weighted by Crippen LogP contribution is -2.63. The fourth-order valence-corrected chi connectivity index (χ4v) is 9.79. The van der Waals surface area contributed by atoms with Gasteiger partial charge in [0.1, 0.15) is 0 Å². The van der Waals surface area contributed by atoms with Crippen LogP contribution < -0.4 is 0 Å². The van der Waals surface area contributed by atoms with Gasteiger partial charge in [-0.25, -0.2) is 0 Å². The summed E-state index contributed by atoms with van der Waals surface area (Å²) in [6, 6.07) is 0. The van der Waals surface area contributed by atoms with Crippen molar-refractivity contribution < 1.29 is 5.11 Å². The third-order valence-electron chi connectivity index (χ3n) is 12.3. The van der Waals surface area contributed by atoms with Crippen LogP contribution >= 0.6 is 0 Å². The van der Waals surface area contributed by atoms with Crippen LogP contribution in [0.15, 0.2) is 23.8 Å². The van der Waals surface area contributed by atoms with Crippen molar-refractivity contribution in [3.8, 4) is 0 Å². The first kappa shape index (κ1) is 23.6. The third-order valence-corrected chi connectivity index (χ3v) is 12.3. The Bertz CT molecular complexity index is 760. The summed E-state index contributed by atoms with van der Waals surface area (Å²) < 4.78 is 0. The van der Waals surface area contributed by atoms with Crippen molar-refractivity contribution in [1.82, 2.24) is 0 Å². The molecule has 0 heterocycles. The summed E-state index contributed by atoms with van der Waals surface area (Å²) in [4.78, 5) is 0. The molecule has 1 heteroatoms. The largest absolute Gasteiger partial charge is 0.393 e. The molecule has 176 valence electrons. The molecular weight excluding hydrogens is 376 g/mol. The van der Waals surface area contributed by atoms with Gasteiger partial charge < -0.3 is 5.11 Å². The lowest BCUT2D eigenvalue weighted by atomic mass is 9.35. The summed E-state index contributed by atoms with van der Waals surface area (Å²) >= 11 is 0. The molecule has 3 saturated carbocycles.